The van der Waals surface area contributed by atoms with E-state index in [0.29, 0.717) is 0 Å². The summed E-state index contributed by atoms with van der Waals surface area (Å²) in [6.07, 6.45) is 2.94. The van der Waals surface area contributed by atoms with Crippen LogP contribution in [0.4, 0.5) is 0 Å². The number of phenolic OH excluding ortho intramolecular Hbond substituents is 1. The van der Waals surface area contributed by atoms with Crippen molar-refractivity contribution in [1.29, 1.82) is 0 Å². The molecule has 0 saturated carbocycles. The first kappa shape index (κ1) is 15.3. The number of carboxylic acid groups (broad SMARTS) is 1. The Bertz CT molecular complexity index is 495. The zero-order chi connectivity index (χ0) is 15.2. The number of benzene rings is 1. The van der Waals surface area contributed by atoms with Crippen LogP contribution in [0.25, 0.3) is 0 Å². The van der Waals surface area contributed by atoms with Gasteiger partial charge in [-0.2, -0.15) is 0 Å². The predicted octanol–water partition coefficient (Wildman–Crippen LogP) is 0.646. The molecule has 4 N–H and O–H groups in total. The van der Waals surface area contributed by atoms with Gasteiger partial charge in [0.15, 0.2) is 0 Å². The molecule has 1 aliphatic heterocycles. The van der Waals surface area contributed by atoms with E-state index in [0.717, 1.165) is 31.4 Å². The van der Waals surface area contributed by atoms with E-state index in [-0.39, 0.29) is 24.1 Å². The molecule has 0 radical (unpaired) electrons. The molecule has 21 heavy (non-hydrogen) atoms. The smallest absolute Gasteiger partial charge is 0.326 e. The SMILES string of the molecule is O=C(O)[C@H](Cc1ccc(O)cc1)NC(=O)[C@H]1CCCCN1. The third-order valence-electron chi connectivity index (χ3n) is 3.62. The molecule has 0 aliphatic carbocycles. The van der Waals surface area contributed by atoms with Gasteiger partial charge in [0.05, 0.1) is 6.04 Å². The van der Waals surface area contributed by atoms with Crippen LogP contribution in [-0.4, -0.2) is 40.7 Å². The average Bonchev–Trinajstić information content (AvgIpc) is 2.49. The van der Waals surface area contributed by atoms with Crippen molar-refractivity contribution < 1.29 is 19.8 Å². The zero-order valence-corrected chi connectivity index (χ0v) is 11.7. The Hall–Kier alpha value is -2.08. The Balaban J connectivity index is 1.96. The largest absolute Gasteiger partial charge is 0.508 e. The minimum absolute atomic E-state index is 0.126. The van der Waals surface area contributed by atoms with Crippen molar-refractivity contribution in [3.05, 3.63) is 29.8 Å². The van der Waals surface area contributed by atoms with Crippen LogP contribution in [0.1, 0.15) is 24.8 Å². The van der Waals surface area contributed by atoms with E-state index in [9.17, 15) is 19.8 Å². The zero-order valence-electron chi connectivity index (χ0n) is 11.7. The number of aromatic hydroxyl groups is 1. The van der Waals surface area contributed by atoms with Crippen LogP contribution in [0.15, 0.2) is 24.3 Å². The maximum Gasteiger partial charge on any atom is 0.326 e. The van der Waals surface area contributed by atoms with Gasteiger partial charge in [0.1, 0.15) is 11.8 Å². The Kier molecular flexibility index (Phi) is 5.16. The van der Waals surface area contributed by atoms with E-state index in [2.05, 4.69) is 10.6 Å². The molecule has 1 aromatic carbocycles. The molecule has 6 nitrogen and oxygen atoms in total. The van der Waals surface area contributed by atoms with Gasteiger partial charge in [-0.25, -0.2) is 4.79 Å². The van der Waals surface area contributed by atoms with E-state index in [4.69, 9.17) is 0 Å². The van der Waals surface area contributed by atoms with E-state index in [1.807, 2.05) is 0 Å². The number of rotatable bonds is 5. The molecule has 0 aromatic heterocycles. The highest BCUT2D eigenvalue weighted by Gasteiger charge is 2.26. The third-order valence-corrected chi connectivity index (χ3v) is 3.62. The van der Waals surface area contributed by atoms with Gasteiger partial charge in [0, 0.05) is 6.42 Å². The van der Waals surface area contributed by atoms with Gasteiger partial charge in [-0.05, 0) is 37.1 Å². The Morgan fingerprint density at radius 1 is 1.29 bits per heavy atom. The van der Waals surface area contributed by atoms with Crippen molar-refractivity contribution in [3.63, 3.8) is 0 Å². The maximum atomic E-state index is 12.1. The molecule has 1 amide bonds. The van der Waals surface area contributed by atoms with Crippen molar-refractivity contribution in [2.24, 2.45) is 0 Å². The van der Waals surface area contributed by atoms with Crippen LogP contribution in [0, 0.1) is 0 Å². The van der Waals surface area contributed by atoms with E-state index < -0.39 is 12.0 Å². The number of piperidine rings is 1. The van der Waals surface area contributed by atoms with Crippen LogP contribution >= 0.6 is 0 Å². The topological polar surface area (TPSA) is 98.7 Å². The highest BCUT2D eigenvalue weighted by molar-refractivity contribution is 5.87. The van der Waals surface area contributed by atoms with Crippen molar-refractivity contribution in [1.82, 2.24) is 10.6 Å². The molecule has 2 atom stereocenters. The second kappa shape index (κ2) is 7.08. The number of carbonyl (C=O) groups excluding carboxylic acids is 1. The molecule has 114 valence electrons. The highest BCUT2D eigenvalue weighted by atomic mass is 16.4. The Morgan fingerprint density at radius 2 is 2.00 bits per heavy atom. The summed E-state index contributed by atoms with van der Waals surface area (Å²) in [5, 5.41) is 24.2. The summed E-state index contributed by atoms with van der Waals surface area (Å²) in [6.45, 7) is 0.786. The number of carbonyl (C=O) groups is 2. The number of phenols is 1. The lowest BCUT2D eigenvalue weighted by molar-refractivity contribution is -0.142. The molecule has 1 aliphatic rings. The first-order valence-electron chi connectivity index (χ1n) is 7.11. The molecule has 1 saturated heterocycles. The van der Waals surface area contributed by atoms with Crippen LogP contribution in [0.3, 0.4) is 0 Å². The van der Waals surface area contributed by atoms with Crippen molar-refractivity contribution in [2.45, 2.75) is 37.8 Å². The summed E-state index contributed by atoms with van der Waals surface area (Å²) in [5.74, 6) is -1.20. The summed E-state index contributed by atoms with van der Waals surface area (Å²) >= 11 is 0. The normalized spacial score (nSPS) is 19.7. The summed E-state index contributed by atoms with van der Waals surface area (Å²) in [4.78, 5) is 23.4. The molecule has 1 fully saturated rings. The van der Waals surface area contributed by atoms with E-state index in [1.165, 1.54) is 12.1 Å². The van der Waals surface area contributed by atoms with E-state index in [1.54, 1.807) is 12.1 Å². The second-order valence-electron chi connectivity index (χ2n) is 5.27. The summed E-state index contributed by atoms with van der Waals surface area (Å²) < 4.78 is 0. The minimum Gasteiger partial charge on any atom is -0.508 e. The van der Waals surface area contributed by atoms with Gasteiger partial charge in [-0.3, -0.25) is 4.79 Å². The molecule has 0 spiro atoms. The summed E-state index contributed by atoms with van der Waals surface area (Å²) in [7, 11) is 0. The average molecular weight is 292 g/mol. The number of aliphatic carboxylic acids is 1. The molecule has 0 bridgehead atoms. The number of amides is 1. The van der Waals surface area contributed by atoms with Gasteiger partial charge >= 0.3 is 5.97 Å². The number of hydrogen-bond donors (Lipinski definition) is 4. The Morgan fingerprint density at radius 3 is 2.57 bits per heavy atom. The molecular formula is C15H20N2O4. The first-order valence-corrected chi connectivity index (χ1v) is 7.11. The predicted molar refractivity (Wildman–Crippen MR) is 77.0 cm³/mol. The van der Waals surface area contributed by atoms with E-state index >= 15 is 0 Å². The van der Waals surface area contributed by atoms with Crippen LogP contribution in [0.2, 0.25) is 0 Å². The quantitative estimate of drug-likeness (QED) is 0.638. The lowest BCUT2D eigenvalue weighted by Gasteiger charge is -2.24. The molecule has 0 unspecified atom stereocenters. The van der Waals surface area contributed by atoms with Crippen LogP contribution in [-0.2, 0) is 16.0 Å². The fraction of sp³-hybridized carbons (Fsp3) is 0.467. The monoisotopic (exact) mass is 292 g/mol. The van der Waals surface area contributed by atoms with Gasteiger partial charge in [-0.15, -0.1) is 0 Å². The number of hydrogen-bond acceptors (Lipinski definition) is 4. The molecule has 1 aromatic rings. The van der Waals surface area contributed by atoms with Gasteiger partial charge in [0.2, 0.25) is 5.91 Å². The maximum absolute atomic E-state index is 12.1. The summed E-state index contributed by atoms with van der Waals surface area (Å²) in [5.41, 5.74) is 0.747. The fourth-order valence-electron chi connectivity index (χ4n) is 2.42. The van der Waals surface area contributed by atoms with Crippen molar-refractivity contribution >= 4 is 11.9 Å². The molecular weight excluding hydrogens is 272 g/mol. The molecule has 6 heteroatoms. The molecule has 1 heterocycles. The van der Waals surface area contributed by atoms with Crippen molar-refractivity contribution in [3.8, 4) is 5.75 Å². The number of nitrogens with one attached hydrogen (secondary N) is 2. The highest BCUT2D eigenvalue weighted by Crippen LogP contribution is 2.12. The van der Waals surface area contributed by atoms with Gasteiger partial charge in [-0.1, -0.05) is 18.6 Å². The fourth-order valence-corrected chi connectivity index (χ4v) is 2.42. The number of carboxylic acids is 1. The van der Waals surface area contributed by atoms with Gasteiger partial charge < -0.3 is 20.8 Å². The second-order valence-corrected chi connectivity index (χ2v) is 5.27. The summed E-state index contributed by atoms with van der Waals surface area (Å²) in [6, 6.07) is 5.02. The third kappa shape index (κ3) is 4.46. The molecule has 2 rings (SSSR count). The van der Waals surface area contributed by atoms with Gasteiger partial charge in [0.25, 0.3) is 0 Å². The van der Waals surface area contributed by atoms with Crippen LogP contribution in [0.5, 0.6) is 5.75 Å². The minimum atomic E-state index is -1.06. The lowest BCUT2D eigenvalue weighted by Crippen LogP contribution is -2.52. The lowest BCUT2D eigenvalue weighted by atomic mass is 10.0. The van der Waals surface area contributed by atoms with Crippen molar-refractivity contribution in [2.75, 3.05) is 6.54 Å². The Labute approximate surface area is 123 Å². The van der Waals surface area contributed by atoms with Crippen LogP contribution < -0.4 is 10.6 Å². The standard InChI is InChI=1S/C15H20N2O4/c18-11-6-4-10(5-7-11)9-13(15(20)21)17-14(19)12-3-1-2-8-16-12/h4-7,12-13,16,18H,1-3,8-9H2,(H,17,19)(H,20,21)/t12-,13+/m1/s1. The first-order chi connectivity index (χ1) is 10.1.